The van der Waals surface area contributed by atoms with Gasteiger partial charge in [-0.15, -0.1) is 4.40 Å². The fourth-order valence-corrected chi connectivity index (χ4v) is 4.34. The molecule has 0 fully saturated rings. The van der Waals surface area contributed by atoms with Gasteiger partial charge in [-0.3, -0.25) is 4.79 Å². The van der Waals surface area contributed by atoms with Gasteiger partial charge in [0.1, 0.15) is 10.7 Å². The zero-order chi connectivity index (χ0) is 20.3. The lowest BCUT2D eigenvalue weighted by molar-refractivity contribution is -0.121. The predicted molar refractivity (Wildman–Crippen MR) is 109 cm³/mol. The van der Waals surface area contributed by atoms with E-state index in [1.54, 1.807) is 31.3 Å². The number of sulfonamides is 1. The van der Waals surface area contributed by atoms with Gasteiger partial charge in [-0.2, -0.15) is 8.42 Å². The van der Waals surface area contributed by atoms with E-state index in [4.69, 9.17) is 23.2 Å². The number of hydrogen-bond donors (Lipinski definition) is 2. The third-order valence-electron chi connectivity index (χ3n) is 3.90. The highest BCUT2D eigenvalue weighted by Gasteiger charge is 2.30. The number of carbonyl (C=O) groups excluding carboxylic acids is 1. The van der Waals surface area contributed by atoms with Crippen LogP contribution in [0.5, 0.6) is 0 Å². The van der Waals surface area contributed by atoms with Gasteiger partial charge < -0.3 is 15.5 Å². The lowest BCUT2D eigenvalue weighted by atomic mass is 10.2. The number of carbonyl (C=O) groups is 1. The first-order valence-electron chi connectivity index (χ1n) is 8.25. The summed E-state index contributed by atoms with van der Waals surface area (Å²) >= 11 is 11.8. The second-order valence-electron chi connectivity index (χ2n) is 6.00. The van der Waals surface area contributed by atoms with Crippen molar-refractivity contribution in [1.82, 2.24) is 15.2 Å². The average molecular weight is 442 g/mol. The van der Waals surface area contributed by atoms with Crippen molar-refractivity contribution in [3.8, 4) is 0 Å². The molecule has 1 aromatic carbocycles. The molecule has 8 nitrogen and oxygen atoms in total. The molecule has 0 aliphatic carbocycles. The average Bonchev–Trinajstić information content (AvgIpc) is 2.92. The second-order valence-corrected chi connectivity index (χ2v) is 8.42. The quantitative estimate of drug-likeness (QED) is 0.664. The summed E-state index contributed by atoms with van der Waals surface area (Å²) in [6.07, 6.45) is 1.47. The van der Waals surface area contributed by atoms with E-state index in [1.807, 2.05) is 0 Å². The summed E-state index contributed by atoms with van der Waals surface area (Å²) in [6, 6.07) is 8.10. The minimum absolute atomic E-state index is 0.0390. The number of pyridine rings is 1. The highest BCUT2D eigenvalue weighted by Crippen LogP contribution is 2.26. The van der Waals surface area contributed by atoms with E-state index in [0.29, 0.717) is 34.5 Å². The van der Waals surface area contributed by atoms with Crippen LogP contribution in [0.2, 0.25) is 10.0 Å². The fourth-order valence-electron chi connectivity index (χ4n) is 2.64. The van der Waals surface area contributed by atoms with Crippen molar-refractivity contribution in [2.45, 2.75) is 4.90 Å². The zero-order valence-corrected chi connectivity index (χ0v) is 17.1. The number of benzene rings is 1. The second kappa shape index (κ2) is 8.34. The summed E-state index contributed by atoms with van der Waals surface area (Å²) < 4.78 is 28.0. The zero-order valence-electron chi connectivity index (χ0n) is 14.8. The lowest BCUT2D eigenvalue weighted by Crippen LogP contribution is -2.39. The molecular weight excluding hydrogens is 425 g/mol. The van der Waals surface area contributed by atoms with E-state index in [2.05, 4.69) is 20.0 Å². The predicted octanol–water partition coefficient (Wildman–Crippen LogP) is 2.00. The van der Waals surface area contributed by atoms with Crippen LogP contribution in [0.3, 0.4) is 0 Å². The molecule has 0 saturated carbocycles. The molecule has 1 amide bonds. The van der Waals surface area contributed by atoms with Crippen LogP contribution in [0.4, 0.5) is 5.82 Å². The first kappa shape index (κ1) is 20.4. The Labute approximate surface area is 172 Å². The Morgan fingerprint density at radius 2 is 1.96 bits per heavy atom. The topological polar surface area (TPSA) is 104 Å². The summed E-state index contributed by atoms with van der Waals surface area (Å²) in [6.45, 7) is 0.694. The molecule has 0 spiro atoms. The number of amides is 1. The minimum atomic E-state index is -3.72. The standard InChI is InChI=1S/C17H17Cl2N5O3S/c1-24(17-12-4-2-3-5-14(12)28(26,27)23-17)10-15(25)20-6-7-21-16-13(19)8-11(18)9-22-16/h2-5,8-9H,6-7,10H2,1H3,(H,20,25)(H,21,22). The third kappa shape index (κ3) is 4.54. The number of fused-ring (bicyclic) bond motifs is 1. The number of nitrogens with one attached hydrogen (secondary N) is 2. The van der Waals surface area contributed by atoms with E-state index in [9.17, 15) is 13.2 Å². The molecule has 1 aliphatic rings. The maximum absolute atomic E-state index is 12.2. The summed E-state index contributed by atoms with van der Waals surface area (Å²) in [5.41, 5.74) is 0.489. The largest absolute Gasteiger partial charge is 0.367 e. The molecule has 0 unspecified atom stereocenters. The highest BCUT2D eigenvalue weighted by atomic mass is 35.5. The number of amidine groups is 1. The lowest BCUT2D eigenvalue weighted by Gasteiger charge is -2.18. The van der Waals surface area contributed by atoms with E-state index in [0.717, 1.165) is 0 Å². The van der Waals surface area contributed by atoms with Crippen LogP contribution in [-0.2, 0) is 14.8 Å². The molecule has 11 heteroatoms. The summed E-state index contributed by atoms with van der Waals surface area (Å²) in [4.78, 5) is 17.9. The van der Waals surface area contributed by atoms with Gasteiger partial charge >= 0.3 is 0 Å². The number of halogens is 2. The molecular formula is C17H17Cl2N5O3S. The van der Waals surface area contributed by atoms with Crippen LogP contribution < -0.4 is 10.6 Å². The molecule has 0 saturated heterocycles. The Balaban J connectivity index is 1.51. The van der Waals surface area contributed by atoms with Crippen molar-refractivity contribution in [1.29, 1.82) is 0 Å². The Morgan fingerprint density at radius 1 is 1.21 bits per heavy atom. The summed E-state index contributed by atoms with van der Waals surface area (Å²) in [7, 11) is -2.10. The molecule has 148 valence electrons. The van der Waals surface area contributed by atoms with E-state index in [-0.39, 0.29) is 23.2 Å². The van der Waals surface area contributed by atoms with E-state index >= 15 is 0 Å². The fraction of sp³-hybridized carbons (Fsp3) is 0.235. The molecule has 3 rings (SSSR count). The molecule has 0 atom stereocenters. The van der Waals surface area contributed by atoms with Crippen molar-refractivity contribution < 1.29 is 13.2 Å². The van der Waals surface area contributed by atoms with Gasteiger partial charge in [-0.25, -0.2) is 4.98 Å². The molecule has 0 bridgehead atoms. The SMILES string of the molecule is CN(CC(=O)NCCNc1ncc(Cl)cc1Cl)C1=NS(=O)(=O)c2ccccc21. The maximum atomic E-state index is 12.2. The first-order chi connectivity index (χ1) is 13.3. The van der Waals surface area contributed by atoms with Crippen molar-refractivity contribution in [2.75, 3.05) is 32.0 Å². The number of hydrogen-bond acceptors (Lipinski definition) is 6. The summed E-state index contributed by atoms with van der Waals surface area (Å²) in [5, 5.41) is 6.56. The maximum Gasteiger partial charge on any atom is 0.285 e. The molecule has 28 heavy (non-hydrogen) atoms. The van der Waals surface area contributed by atoms with Crippen molar-refractivity contribution in [2.24, 2.45) is 4.40 Å². The van der Waals surface area contributed by atoms with Crippen LogP contribution in [0.15, 0.2) is 45.8 Å². The van der Waals surface area contributed by atoms with Crippen molar-refractivity contribution >= 4 is 50.8 Å². The Bertz CT molecular complexity index is 1040. The Hall–Kier alpha value is -2.36. The van der Waals surface area contributed by atoms with Crippen LogP contribution in [0, 0.1) is 0 Å². The highest BCUT2D eigenvalue weighted by molar-refractivity contribution is 7.90. The van der Waals surface area contributed by atoms with Gasteiger partial charge in [0.15, 0.2) is 5.84 Å². The van der Waals surface area contributed by atoms with Crippen LogP contribution >= 0.6 is 23.2 Å². The number of rotatable bonds is 6. The molecule has 0 radical (unpaired) electrons. The molecule has 1 aromatic heterocycles. The van der Waals surface area contributed by atoms with Crippen molar-refractivity contribution in [3.05, 3.63) is 52.1 Å². The third-order valence-corrected chi connectivity index (χ3v) is 5.72. The van der Waals surface area contributed by atoms with Gasteiger partial charge in [0.25, 0.3) is 10.0 Å². The van der Waals surface area contributed by atoms with E-state index < -0.39 is 10.0 Å². The molecule has 1 aliphatic heterocycles. The smallest absolute Gasteiger partial charge is 0.285 e. The van der Waals surface area contributed by atoms with Crippen molar-refractivity contribution in [3.63, 3.8) is 0 Å². The molecule has 2 aromatic rings. The Morgan fingerprint density at radius 3 is 2.71 bits per heavy atom. The molecule has 2 N–H and O–H groups in total. The van der Waals surface area contributed by atoms with Crippen LogP contribution in [-0.4, -0.2) is 56.7 Å². The summed E-state index contributed by atoms with van der Waals surface area (Å²) in [5.74, 6) is 0.449. The van der Waals surface area contributed by atoms with Gasteiger partial charge in [0.2, 0.25) is 5.91 Å². The first-order valence-corrected chi connectivity index (χ1v) is 10.4. The normalized spacial score (nSPS) is 14.2. The van der Waals surface area contributed by atoms with Gasteiger partial charge in [-0.05, 0) is 18.2 Å². The number of nitrogens with zero attached hydrogens (tertiary/aromatic N) is 3. The minimum Gasteiger partial charge on any atom is -0.367 e. The Kier molecular flexibility index (Phi) is 6.07. The number of likely N-dealkylation sites (N-methyl/N-ethyl adjacent to an activating group) is 1. The van der Waals surface area contributed by atoms with Gasteiger partial charge in [0, 0.05) is 31.9 Å². The van der Waals surface area contributed by atoms with Gasteiger partial charge in [-0.1, -0.05) is 35.3 Å². The van der Waals surface area contributed by atoms with Crippen LogP contribution in [0.1, 0.15) is 5.56 Å². The van der Waals surface area contributed by atoms with E-state index in [1.165, 1.54) is 17.2 Å². The molecule has 2 heterocycles. The number of anilines is 1. The van der Waals surface area contributed by atoms with Gasteiger partial charge in [0.05, 0.1) is 16.6 Å². The number of aromatic nitrogens is 1. The van der Waals surface area contributed by atoms with Crippen LogP contribution in [0.25, 0.3) is 0 Å². The monoisotopic (exact) mass is 441 g/mol.